The van der Waals surface area contributed by atoms with Crippen LogP contribution in [0.25, 0.3) is 131 Å². The van der Waals surface area contributed by atoms with Crippen LogP contribution in [-0.4, -0.2) is 0 Å². The molecule has 13 rings (SSSR count). The Kier molecular flexibility index (Phi) is 7.71. The largest absolute Gasteiger partial charge is 0.0622 e. The average Bonchev–Trinajstić information content (AvgIpc) is 3.35. The van der Waals surface area contributed by atoms with E-state index in [1.165, 1.54) is 131 Å². The average molecular weight is 783 g/mol. The van der Waals surface area contributed by atoms with Crippen molar-refractivity contribution in [2.45, 2.75) is 0 Å². The molecule has 0 nitrogen and oxygen atoms in total. The van der Waals surface area contributed by atoms with Gasteiger partial charge in [0.25, 0.3) is 0 Å². The lowest BCUT2D eigenvalue weighted by Gasteiger charge is -2.29. The monoisotopic (exact) mass is 782 g/mol. The molecular weight excluding hydrogens is 745 g/mol. The van der Waals surface area contributed by atoms with E-state index in [1.54, 1.807) is 0 Å². The van der Waals surface area contributed by atoms with Crippen LogP contribution in [0.15, 0.2) is 231 Å². The second-order valence-electron chi connectivity index (χ2n) is 16.7. The van der Waals surface area contributed by atoms with Crippen LogP contribution in [0.3, 0.4) is 0 Å². The van der Waals surface area contributed by atoms with Gasteiger partial charge in [-0.3, -0.25) is 0 Å². The number of benzene rings is 13. The first-order valence-corrected chi connectivity index (χ1v) is 21.6. The third kappa shape index (κ3) is 5.27. The number of hydrogen-bond acceptors (Lipinski definition) is 0. The van der Waals surface area contributed by atoms with Gasteiger partial charge in [0.05, 0.1) is 0 Å². The highest BCUT2D eigenvalue weighted by Crippen LogP contribution is 2.57. The Morgan fingerprint density at radius 1 is 0.145 bits per heavy atom. The Morgan fingerprint density at radius 2 is 0.355 bits per heavy atom. The fraction of sp³-hybridized carbons (Fsp3) is 0. The molecule has 0 heteroatoms. The van der Waals surface area contributed by atoms with Gasteiger partial charge in [0.15, 0.2) is 0 Å². The molecule has 0 spiro atoms. The summed E-state index contributed by atoms with van der Waals surface area (Å²) in [4.78, 5) is 0. The quantitative estimate of drug-likeness (QED) is 0.147. The Morgan fingerprint density at radius 3 is 0.613 bits per heavy atom. The highest BCUT2D eigenvalue weighted by molar-refractivity contribution is 6.27. The van der Waals surface area contributed by atoms with Crippen LogP contribution in [0.1, 0.15) is 0 Å². The van der Waals surface area contributed by atoms with E-state index in [1.807, 2.05) is 0 Å². The smallest absolute Gasteiger partial charge is 0.00134 e. The molecule has 0 atom stereocenters. The van der Waals surface area contributed by atoms with E-state index < -0.39 is 0 Å². The lowest BCUT2D eigenvalue weighted by atomic mass is 9.73. The summed E-state index contributed by atoms with van der Waals surface area (Å²) in [6.07, 6.45) is 0. The van der Waals surface area contributed by atoms with E-state index in [0.717, 1.165) is 0 Å². The van der Waals surface area contributed by atoms with E-state index in [9.17, 15) is 0 Å². The molecule has 286 valence electrons. The first kappa shape index (κ1) is 34.8. The Hall–Kier alpha value is -8.06. The van der Waals surface area contributed by atoms with Crippen molar-refractivity contribution in [1.82, 2.24) is 0 Å². The molecule has 0 unspecified atom stereocenters. The minimum absolute atomic E-state index is 1.18. The molecule has 0 aliphatic carbocycles. The summed E-state index contributed by atoms with van der Waals surface area (Å²) in [5.41, 5.74) is 14.5. The van der Waals surface area contributed by atoms with Crippen molar-refractivity contribution in [3.8, 4) is 66.8 Å². The van der Waals surface area contributed by atoms with E-state index in [0.29, 0.717) is 0 Å². The van der Waals surface area contributed by atoms with Crippen LogP contribution in [-0.2, 0) is 0 Å². The van der Waals surface area contributed by atoms with E-state index in [-0.39, 0.29) is 0 Å². The van der Waals surface area contributed by atoms with Crippen molar-refractivity contribution < 1.29 is 0 Å². The van der Waals surface area contributed by atoms with Crippen molar-refractivity contribution >= 4 is 64.6 Å². The zero-order valence-electron chi connectivity index (χ0n) is 33.9. The maximum Gasteiger partial charge on any atom is -0.00134 e. The van der Waals surface area contributed by atoms with E-state index in [2.05, 4.69) is 231 Å². The molecule has 0 radical (unpaired) electrons. The highest BCUT2D eigenvalue weighted by Gasteiger charge is 2.30. The van der Waals surface area contributed by atoms with Gasteiger partial charge in [0, 0.05) is 0 Å². The number of rotatable bonds is 6. The summed E-state index contributed by atoms with van der Waals surface area (Å²) >= 11 is 0. The molecule has 0 fully saturated rings. The van der Waals surface area contributed by atoms with Crippen LogP contribution in [0.2, 0.25) is 0 Å². The summed E-state index contributed by atoms with van der Waals surface area (Å²) in [7, 11) is 0. The number of hydrogen-bond donors (Lipinski definition) is 0. The predicted octanol–water partition coefficient (Wildman–Crippen LogP) is 17.5. The zero-order valence-corrected chi connectivity index (χ0v) is 33.9. The van der Waals surface area contributed by atoms with Crippen LogP contribution >= 0.6 is 0 Å². The molecule has 0 bridgehead atoms. The van der Waals surface area contributed by atoms with Crippen molar-refractivity contribution in [2.75, 3.05) is 0 Å². The molecule has 13 aromatic rings. The zero-order chi connectivity index (χ0) is 40.7. The second-order valence-corrected chi connectivity index (χ2v) is 16.7. The van der Waals surface area contributed by atoms with Crippen molar-refractivity contribution in [2.24, 2.45) is 0 Å². The Labute approximate surface area is 360 Å². The van der Waals surface area contributed by atoms with Gasteiger partial charge < -0.3 is 0 Å². The van der Waals surface area contributed by atoms with Crippen LogP contribution < -0.4 is 0 Å². The minimum atomic E-state index is 1.18. The Balaban J connectivity index is 1.29. The van der Waals surface area contributed by atoms with Gasteiger partial charge >= 0.3 is 0 Å². The molecule has 62 heavy (non-hydrogen) atoms. The SMILES string of the molecule is c1ccc(-c2c(-c3ccccc3)c(-c3ccccc3)c(-c3cc4ccc5cccc6ccc(c3)c4c56)c(-c3cc4ccc5cccc6ccc(c3)c4c56)c2-c2ccccc2)cc1. The normalized spacial score (nSPS) is 11.9. The van der Waals surface area contributed by atoms with Crippen LogP contribution in [0, 0.1) is 0 Å². The van der Waals surface area contributed by atoms with Gasteiger partial charge in [-0.2, -0.15) is 0 Å². The first-order valence-electron chi connectivity index (χ1n) is 21.6. The minimum Gasteiger partial charge on any atom is -0.0622 e. The fourth-order valence-electron chi connectivity index (χ4n) is 10.7. The third-order valence-electron chi connectivity index (χ3n) is 13.3. The standard InChI is InChI=1S/C62H38/c1-5-15-39(16-6-1)57-58(40-17-7-2-8-18-40)60(42-21-11-4-12-22-42)62(52-37-49-33-29-45-25-14-26-46-30-34-50(38-52)56(49)54(45)46)61(59(57)41-19-9-3-10-20-41)51-35-47-31-27-43-23-13-24-44-28-32-48(36-51)55(47)53(43)44/h1-38H. The molecular formula is C62H38. The van der Waals surface area contributed by atoms with Gasteiger partial charge in [-0.25, -0.2) is 0 Å². The molecule has 0 aliphatic heterocycles. The molecule has 0 aromatic heterocycles. The summed E-state index contributed by atoms with van der Waals surface area (Å²) in [5, 5.41) is 15.4. The molecule has 0 saturated heterocycles. The molecule has 0 saturated carbocycles. The predicted molar refractivity (Wildman–Crippen MR) is 266 cm³/mol. The van der Waals surface area contributed by atoms with Gasteiger partial charge in [0.2, 0.25) is 0 Å². The summed E-state index contributed by atoms with van der Waals surface area (Å²) in [6.45, 7) is 0. The van der Waals surface area contributed by atoms with Gasteiger partial charge in [0.1, 0.15) is 0 Å². The second kappa shape index (κ2) is 13.7. The highest BCUT2D eigenvalue weighted by atomic mass is 14.3. The summed E-state index contributed by atoms with van der Waals surface area (Å²) in [5.74, 6) is 0. The maximum absolute atomic E-state index is 2.47. The maximum atomic E-state index is 2.47. The molecule has 13 aromatic carbocycles. The summed E-state index contributed by atoms with van der Waals surface area (Å²) < 4.78 is 0. The van der Waals surface area contributed by atoms with Gasteiger partial charge in [-0.15, -0.1) is 0 Å². The first-order chi connectivity index (χ1) is 30.8. The topological polar surface area (TPSA) is 0 Å². The van der Waals surface area contributed by atoms with Crippen LogP contribution in [0.5, 0.6) is 0 Å². The van der Waals surface area contributed by atoms with Crippen molar-refractivity contribution in [3.63, 3.8) is 0 Å². The van der Waals surface area contributed by atoms with Gasteiger partial charge in [-0.1, -0.05) is 206 Å². The Bertz CT molecular complexity index is 3430. The van der Waals surface area contributed by atoms with Gasteiger partial charge in [-0.05, 0) is 156 Å². The molecule has 0 N–H and O–H groups in total. The summed E-state index contributed by atoms with van der Waals surface area (Å²) in [6, 6.07) is 86.1. The molecule has 0 amide bonds. The fourth-order valence-corrected chi connectivity index (χ4v) is 10.7. The van der Waals surface area contributed by atoms with Crippen LogP contribution in [0.4, 0.5) is 0 Å². The van der Waals surface area contributed by atoms with E-state index in [4.69, 9.17) is 0 Å². The van der Waals surface area contributed by atoms with Crippen molar-refractivity contribution in [3.05, 3.63) is 231 Å². The lowest BCUT2D eigenvalue weighted by molar-refractivity contribution is 1.52. The molecule has 0 heterocycles. The third-order valence-corrected chi connectivity index (χ3v) is 13.3. The van der Waals surface area contributed by atoms with Crippen molar-refractivity contribution in [1.29, 1.82) is 0 Å². The molecule has 0 aliphatic rings. The lowest BCUT2D eigenvalue weighted by Crippen LogP contribution is -2.02. The van der Waals surface area contributed by atoms with E-state index >= 15 is 0 Å².